The van der Waals surface area contributed by atoms with Gasteiger partial charge in [-0.25, -0.2) is 4.98 Å². The van der Waals surface area contributed by atoms with Crippen molar-refractivity contribution in [3.8, 4) is 5.75 Å². The van der Waals surface area contributed by atoms with Crippen LogP contribution in [0, 0.1) is 0 Å². The Bertz CT molecular complexity index is 819. The van der Waals surface area contributed by atoms with Gasteiger partial charge in [0.25, 0.3) is 0 Å². The Morgan fingerprint density at radius 3 is 2.66 bits per heavy atom. The van der Waals surface area contributed by atoms with E-state index in [0.29, 0.717) is 5.92 Å². The van der Waals surface area contributed by atoms with Crippen LogP contribution in [0.4, 0.5) is 0 Å². The molecule has 0 amide bonds. The number of hydrogen-bond donors (Lipinski definition) is 1. The molecule has 2 saturated heterocycles. The molecule has 32 heavy (non-hydrogen) atoms. The van der Waals surface area contributed by atoms with E-state index in [-0.39, 0.29) is 0 Å². The van der Waals surface area contributed by atoms with Crippen LogP contribution in [-0.4, -0.2) is 78.3 Å². The van der Waals surface area contributed by atoms with Gasteiger partial charge in [-0.3, -0.25) is 0 Å². The smallest absolute Gasteiger partial charge is 0.121 e. The van der Waals surface area contributed by atoms with E-state index in [1.807, 2.05) is 0 Å². The average Bonchev–Trinajstić information content (AvgIpc) is 3.48. The van der Waals surface area contributed by atoms with Crippen LogP contribution < -0.4 is 10.1 Å². The second-order valence-electron chi connectivity index (χ2n) is 9.45. The number of ether oxygens (including phenoxy) is 1. The van der Waals surface area contributed by atoms with Crippen molar-refractivity contribution in [3.05, 3.63) is 24.0 Å². The summed E-state index contributed by atoms with van der Waals surface area (Å²) in [5, 5.41) is 3.58. The summed E-state index contributed by atoms with van der Waals surface area (Å²) in [5.41, 5.74) is 2.35. The summed E-state index contributed by atoms with van der Waals surface area (Å²) in [6, 6.07) is 6.48. The number of aryl methyl sites for hydroxylation is 1. The molecule has 4 rings (SSSR count). The molecule has 2 aliphatic rings. The normalized spacial score (nSPS) is 19.9. The van der Waals surface area contributed by atoms with Crippen LogP contribution in [0.1, 0.15) is 64.1 Å². The monoisotopic (exact) mass is 441 g/mol. The maximum atomic E-state index is 6.15. The number of piperidine rings is 1. The van der Waals surface area contributed by atoms with Gasteiger partial charge in [0.05, 0.1) is 11.0 Å². The Morgan fingerprint density at radius 2 is 1.91 bits per heavy atom. The number of imidazole rings is 1. The molecule has 0 aliphatic carbocycles. The zero-order chi connectivity index (χ0) is 22.2. The molecule has 178 valence electrons. The second kappa shape index (κ2) is 12.0. The molecule has 0 saturated carbocycles. The Balaban J connectivity index is 1.46. The first-order valence-electron chi connectivity index (χ1n) is 13.1. The molecule has 0 radical (unpaired) electrons. The zero-order valence-electron chi connectivity index (χ0n) is 20.3. The standard InChI is InChI=1S/C26H43N5O/c1-3-29(4-2)18-19-32-23-11-12-24-25(20-23)31(17-8-7-16-30-14-5-6-15-30)26(28-24)22-10-9-13-27-21-22/h11-12,20,22,27H,3-10,13-19,21H2,1-2H3. The van der Waals surface area contributed by atoms with Gasteiger partial charge in [-0.05, 0) is 89.9 Å². The molecule has 3 heterocycles. The minimum Gasteiger partial charge on any atom is -0.492 e. The van der Waals surface area contributed by atoms with E-state index in [0.717, 1.165) is 57.1 Å². The predicted octanol–water partition coefficient (Wildman–Crippen LogP) is 4.10. The topological polar surface area (TPSA) is 45.6 Å². The third-order valence-corrected chi connectivity index (χ3v) is 7.29. The molecule has 2 fully saturated rings. The summed E-state index contributed by atoms with van der Waals surface area (Å²) >= 11 is 0. The van der Waals surface area contributed by atoms with Crippen molar-refractivity contribution < 1.29 is 4.74 Å². The van der Waals surface area contributed by atoms with Crippen LogP contribution in [-0.2, 0) is 6.54 Å². The van der Waals surface area contributed by atoms with Gasteiger partial charge in [0.2, 0.25) is 0 Å². The average molecular weight is 442 g/mol. The second-order valence-corrected chi connectivity index (χ2v) is 9.45. The lowest BCUT2D eigenvalue weighted by Gasteiger charge is -2.23. The lowest BCUT2D eigenvalue weighted by Crippen LogP contribution is -2.30. The van der Waals surface area contributed by atoms with Gasteiger partial charge in [-0.1, -0.05) is 13.8 Å². The number of unbranched alkanes of at least 4 members (excludes halogenated alkanes) is 1. The van der Waals surface area contributed by atoms with Gasteiger partial charge >= 0.3 is 0 Å². The first-order valence-corrected chi connectivity index (χ1v) is 13.1. The molecular formula is C26H43N5O. The maximum absolute atomic E-state index is 6.15. The summed E-state index contributed by atoms with van der Waals surface area (Å²) in [6.45, 7) is 15.3. The van der Waals surface area contributed by atoms with Crippen LogP contribution in [0.5, 0.6) is 5.75 Å². The third kappa shape index (κ3) is 6.03. The Kier molecular flexibility index (Phi) is 8.83. The van der Waals surface area contributed by atoms with Crippen molar-refractivity contribution in [1.82, 2.24) is 24.7 Å². The Hall–Kier alpha value is -1.63. The lowest BCUT2D eigenvalue weighted by atomic mass is 9.99. The van der Waals surface area contributed by atoms with Crippen molar-refractivity contribution in [2.24, 2.45) is 0 Å². The van der Waals surface area contributed by atoms with Gasteiger partial charge in [-0.15, -0.1) is 0 Å². The first kappa shape index (κ1) is 23.5. The SMILES string of the molecule is CCN(CC)CCOc1ccc2nc(C3CCCNC3)n(CCCCN3CCCC3)c2c1. The van der Waals surface area contributed by atoms with E-state index in [4.69, 9.17) is 9.72 Å². The van der Waals surface area contributed by atoms with E-state index >= 15 is 0 Å². The third-order valence-electron chi connectivity index (χ3n) is 7.29. The highest BCUT2D eigenvalue weighted by atomic mass is 16.5. The van der Waals surface area contributed by atoms with Crippen molar-refractivity contribution in [1.29, 1.82) is 0 Å². The highest BCUT2D eigenvalue weighted by Crippen LogP contribution is 2.29. The summed E-state index contributed by atoms with van der Waals surface area (Å²) in [4.78, 5) is 10.1. The number of likely N-dealkylation sites (tertiary alicyclic amines) is 1. The summed E-state index contributed by atoms with van der Waals surface area (Å²) in [7, 11) is 0. The van der Waals surface area contributed by atoms with Crippen molar-refractivity contribution in [3.63, 3.8) is 0 Å². The molecule has 2 aliphatic heterocycles. The van der Waals surface area contributed by atoms with Crippen LogP contribution >= 0.6 is 0 Å². The largest absolute Gasteiger partial charge is 0.492 e. The van der Waals surface area contributed by atoms with Gasteiger partial charge in [0.15, 0.2) is 0 Å². The van der Waals surface area contributed by atoms with E-state index < -0.39 is 0 Å². The molecule has 1 atom stereocenters. The highest BCUT2D eigenvalue weighted by molar-refractivity contribution is 5.78. The van der Waals surface area contributed by atoms with E-state index in [1.54, 1.807) is 0 Å². The minimum absolute atomic E-state index is 0.516. The van der Waals surface area contributed by atoms with E-state index in [9.17, 15) is 0 Å². The molecular weight excluding hydrogens is 398 g/mol. The molecule has 1 N–H and O–H groups in total. The van der Waals surface area contributed by atoms with Gasteiger partial charge in [0.1, 0.15) is 18.2 Å². The molecule has 0 bridgehead atoms. The summed E-state index contributed by atoms with van der Waals surface area (Å²) in [6.07, 6.45) is 7.70. The quantitative estimate of drug-likeness (QED) is 0.503. The molecule has 1 aromatic heterocycles. The fraction of sp³-hybridized carbons (Fsp3) is 0.731. The van der Waals surface area contributed by atoms with Crippen molar-refractivity contribution in [2.75, 3.05) is 59.0 Å². The molecule has 1 aromatic carbocycles. The van der Waals surface area contributed by atoms with Crippen LogP contribution in [0.3, 0.4) is 0 Å². The molecule has 6 heteroatoms. The fourth-order valence-electron chi connectivity index (χ4n) is 5.27. The number of aromatic nitrogens is 2. The Labute approximate surface area is 194 Å². The molecule has 1 unspecified atom stereocenters. The van der Waals surface area contributed by atoms with Gasteiger partial charge < -0.3 is 24.4 Å². The van der Waals surface area contributed by atoms with E-state index in [1.165, 1.54) is 69.5 Å². The fourth-order valence-corrected chi connectivity index (χ4v) is 5.27. The zero-order valence-corrected chi connectivity index (χ0v) is 20.3. The first-order chi connectivity index (χ1) is 15.8. The number of fused-ring (bicyclic) bond motifs is 1. The number of likely N-dealkylation sites (N-methyl/N-ethyl adjacent to an activating group) is 1. The Morgan fingerprint density at radius 1 is 1.09 bits per heavy atom. The number of nitrogens with one attached hydrogen (secondary N) is 1. The van der Waals surface area contributed by atoms with Gasteiger partial charge in [0, 0.05) is 31.6 Å². The summed E-state index contributed by atoms with van der Waals surface area (Å²) in [5.74, 6) is 2.76. The number of hydrogen-bond acceptors (Lipinski definition) is 5. The van der Waals surface area contributed by atoms with E-state index in [2.05, 4.69) is 51.7 Å². The van der Waals surface area contributed by atoms with Crippen LogP contribution in [0.2, 0.25) is 0 Å². The minimum atomic E-state index is 0.516. The van der Waals surface area contributed by atoms with Crippen LogP contribution in [0.15, 0.2) is 18.2 Å². The van der Waals surface area contributed by atoms with Crippen molar-refractivity contribution >= 4 is 11.0 Å². The predicted molar refractivity (Wildman–Crippen MR) is 133 cm³/mol. The number of nitrogens with zero attached hydrogens (tertiary/aromatic N) is 4. The molecule has 6 nitrogen and oxygen atoms in total. The maximum Gasteiger partial charge on any atom is 0.121 e. The highest BCUT2D eigenvalue weighted by Gasteiger charge is 2.22. The van der Waals surface area contributed by atoms with Crippen molar-refractivity contribution in [2.45, 2.75) is 64.8 Å². The lowest BCUT2D eigenvalue weighted by molar-refractivity contribution is 0.223. The van der Waals surface area contributed by atoms with Gasteiger partial charge in [-0.2, -0.15) is 0 Å². The molecule has 2 aromatic rings. The number of rotatable bonds is 12. The summed E-state index contributed by atoms with van der Waals surface area (Å²) < 4.78 is 8.66. The molecule has 0 spiro atoms. The van der Waals surface area contributed by atoms with Crippen LogP contribution in [0.25, 0.3) is 11.0 Å². The number of benzene rings is 1.